The van der Waals surface area contributed by atoms with Crippen LogP contribution in [0.15, 0.2) is 97.1 Å². The van der Waals surface area contributed by atoms with E-state index in [9.17, 15) is 9.59 Å². The highest BCUT2D eigenvalue weighted by atomic mass is 16.5. The molecule has 35 heavy (non-hydrogen) atoms. The molecule has 4 aromatic carbocycles. The van der Waals surface area contributed by atoms with Gasteiger partial charge in [0.25, 0.3) is 0 Å². The molecule has 4 nitrogen and oxygen atoms in total. The van der Waals surface area contributed by atoms with Gasteiger partial charge in [0.05, 0.1) is 17.5 Å². The predicted molar refractivity (Wildman–Crippen MR) is 134 cm³/mol. The number of hydrogen-bond donors (Lipinski definition) is 0. The van der Waals surface area contributed by atoms with E-state index in [0.29, 0.717) is 11.4 Å². The van der Waals surface area contributed by atoms with Crippen molar-refractivity contribution >= 4 is 17.5 Å². The van der Waals surface area contributed by atoms with E-state index < -0.39 is 0 Å². The van der Waals surface area contributed by atoms with E-state index in [0.717, 1.165) is 11.3 Å². The highest BCUT2D eigenvalue weighted by molar-refractivity contribution is 6.23. The highest BCUT2D eigenvalue weighted by Gasteiger charge is 2.61. The summed E-state index contributed by atoms with van der Waals surface area (Å²) in [5.41, 5.74) is 6.44. The van der Waals surface area contributed by atoms with Gasteiger partial charge in [-0.2, -0.15) is 0 Å². The van der Waals surface area contributed by atoms with Gasteiger partial charge in [-0.15, -0.1) is 0 Å². The number of rotatable bonds is 3. The van der Waals surface area contributed by atoms with Gasteiger partial charge in [-0.25, -0.2) is 4.90 Å². The van der Waals surface area contributed by atoms with Gasteiger partial charge in [-0.1, -0.05) is 60.7 Å². The SMILES string of the molecule is Cc1cccc(Oc2ccc(N3C(=O)[C@@H]4C5c6ccccc6C(c6ccccc65)[C@@H]4C3=O)cc2)c1. The van der Waals surface area contributed by atoms with E-state index in [1.807, 2.05) is 67.6 Å². The molecule has 3 aliphatic carbocycles. The first-order chi connectivity index (χ1) is 17.1. The molecule has 0 N–H and O–H groups in total. The molecule has 2 amide bonds. The van der Waals surface area contributed by atoms with E-state index in [-0.39, 0.29) is 35.5 Å². The molecule has 0 saturated carbocycles. The zero-order chi connectivity index (χ0) is 23.7. The molecule has 1 fully saturated rings. The molecule has 1 saturated heterocycles. The summed E-state index contributed by atoms with van der Waals surface area (Å²) in [7, 11) is 0. The lowest BCUT2D eigenvalue weighted by molar-refractivity contribution is -0.122. The number of ether oxygens (including phenoxy) is 1. The van der Waals surface area contributed by atoms with Crippen molar-refractivity contribution in [1.82, 2.24) is 0 Å². The molecule has 4 aromatic rings. The standard InChI is InChI=1S/C31H23NO3/c1-18-7-6-8-21(17-18)35-20-15-13-19(14-16-20)32-30(33)28-26-22-9-2-3-10-23(22)27(29(28)31(32)34)25-12-5-4-11-24(25)26/h2-17,26-29H,1H3/t26?,27?,28-,29+. The van der Waals surface area contributed by atoms with Crippen molar-refractivity contribution in [1.29, 1.82) is 0 Å². The van der Waals surface area contributed by atoms with Crippen molar-refractivity contribution in [2.45, 2.75) is 18.8 Å². The van der Waals surface area contributed by atoms with E-state index in [1.165, 1.54) is 27.2 Å². The van der Waals surface area contributed by atoms with Crippen LogP contribution in [0.3, 0.4) is 0 Å². The lowest BCUT2D eigenvalue weighted by Gasteiger charge is -2.45. The smallest absolute Gasteiger partial charge is 0.238 e. The zero-order valence-corrected chi connectivity index (χ0v) is 19.2. The molecule has 0 aromatic heterocycles. The van der Waals surface area contributed by atoms with Crippen molar-refractivity contribution in [3.8, 4) is 11.5 Å². The first-order valence-corrected chi connectivity index (χ1v) is 12.0. The van der Waals surface area contributed by atoms with Gasteiger partial charge in [-0.05, 0) is 71.1 Å². The Hall–Kier alpha value is -4.18. The molecule has 1 heterocycles. The molecule has 0 spiro atoms. The molecule has 8 rings (SSSR count). The number of carbonyl (C=O) groups is 2. The van der Waals surface area contributed by atoms with E-state index in [1.54, 1.807) is 12.1 Å². The van der Waals surface area contributed by atoms with Crippen LogP contribution in [0.4, 0.5) is 5.69 Å². The average Bonchev–Trinajstić information content (AvgIpc) is 3.15. The van der Waals surface area contributed by atoms with Gasteiger partial charge in [0.15, 0.2) is 0 Å². The molecule has 170 valence electrons. The normalized spacial score (nSPS) is 23.6. The first-order valence-electron chi connectivity index (χ1n) is 12.0. The summed E-state index contributed by atoms with van der Waals surface area (Å²) in [6.07, 6.45) is 0. The number of imide groups is 1. The summed E-state index contributed by atoms with van der Waals surface area (Å²) in [5.74, 6) is 0.268. The molecule has 4 aliphatic rings. The first kappa shape index (κ1) is 20.2. The Kier molecular flexibility index (Phi) is 4.28. The molecule has 0 unspecified atom stereocenters. The van der Waals surface area contributed by atoms with Gasteiger partial charge < -0.3 is 4.74 Å². The maximum absolute atomic E-state index is 13.8. The van der Waals surface area contributed by atoms with Crippen LogP contribution in [0, 0.1) is 18.8 Å². The minimum Gasteiger partial charge on any atom is -0.457 e. The third kappa shape index (κ3) is 2.86. The fraction of sp³-hybridized carbons (Fsp3) is 0.161. The quantitative estimate of drug-likeness (QED) is 0.345. The van der Waals surface area contributed by atoms with Crippen LogP contribution < -0.4 is 9.64 Å². The molecule has 1 aliphatic heterocycles. The van der Waals surface area contributed by atoms with Crippen molar-refractivity contribution < 1.29 is 14.3 Å². The number of carbonyl (C=O) groups excluding carboxylic acids is 2. The van der Waals surface area contributed by atoms with Gasteiger partial charge in [0.1, 0.15) is 11.5 Å². The van der Waals surface area contributed by atoms with Gasteiger partial charge in [0, 0.05) is 11.8 Å². The number of nitrogens with zero attached hydrogens (tertiary/aromatic N) is 1. The van der Waals surface area contributed by atoms with E-state index in [4.69, 9.17) is 4.74 Å². The molecule has 0 radical (unpaired) electrons. The summed E-state index contributed by atoms with van der Waals surface area (Å²) in [6, 6.07) is 31.7. The molecule has 4 heteroatoms. The van der Waals surface area contributed by atoms with Crippen LogP contribution in [0.25, 0.3) is 0 Å². The number of benzene rings is 4. The summed E-state index contributed by atoms with van der Waals surface area (Å²) in [6.45, 7) is 2.02. The van der Waals surface area contributed by atoms with E-state index >= 15 is 0 Å². The monoisotopic (exact) mass is 457 g/mol. The maximum Gasteiger partial charge on any atom is 0.238 e. The lowest BCUT2D eigenvalue weighted by Crippen LogP contribution is -2.41. The minimum absolute atomic E-state index is 0.0947. The van der Waals surface area contributed by atoms with E-state index in [2.05, 4.69) is 24.3 Å². The van der Waals surface area contributed by atoms with Gasteiger partial charge >= 0.3 is 0 Å². The van der Waals surface area contributed by atoms with Crippen molar-refractivity contribution in [2.75, 3.05) is 4.90 Å². The van der Waals surface area contributed by atoms with Crippen LogP contribution >= 0.6 is 0 Å². The van der Waals surface area contributed by atoms with Crippen LogP contribution in [-0.4, -0.2) is 11.8 Å². The predicted octanol–water partition coefficient (Wildman–Crippen LogP) is 6.18. The number of aryl methyl sites for hydroxylation is 1. The zero-order valence-electron chi connectivity index (χ0n) is 19.2. The Morgan fingerprint density at radius 2 is 1.11 bits per heavy atom. The van der Waals surface area contributed by atoms with Crippen LogP contribution in [-0.2, 0) is 9.59 Å². The average molecular weight is 458 g/mol. The molecular weight excluding hydrogens is 434 g/mol. The Labute approximate surface area is 203 Å². The Morgan fingerprint density at radius 1 is 0.600 bits per heavy atom. The fourth-order valence-electron chi connectivity index (χ4n) is 6.41. The van der Waals surface area contributed by atoms with Crippen LogP contribution in [0.5, 0.6) is 11.5 Å². The second-order valence-corrected chi connectivity index (χ2v) is 9.69. The summed E-state index contributed by atoms with van der Waals surface area (Å²) in [4.78, 5) is 29.1. The Bertz CT molecular complexity index is 1390. The third-order valence-corrected chi connectivity index (χ3v) is 7.77. The minimum atomic E-state index is -0.375. The number of anilines is 1. The van der Waals surface area contributed by atoms with Crippen molar-refractivity contribution in [3.63, 3.8) is 0 Å². The summed E-state index contributed by atoms with van der Waals surface area (Å²) in [5, 5.41) is 0. The fourth-order valence-corrected chi connectivity index (χ4v) is 6.41. The van der Waals surface area contributed by atoms with Crippen LogP contribution in [0.2, 0.25) is 0 Å². The van der Waals surface area contributed by atoms with Crippen molar-refractivity contribution in [3.05, 3.63) is 125 Å². The highest BCUT2D eigenvalue weighted by Crippen LogP contribution is 2.61. The Morgan fingerprint density at radius 3 is 1.60 bits per heavy atom. The number of amides is 2. The van der Waals surface area contributed by atoms with Crippen molar-refractivity contribution in [2.24, 2.45) is 11.8 Å². The molecule has 2 atom stereocenters. The van der Waals surface area contributed by atoms with Crippen LogP contribution in [0.1, 0.15) is 39.7 Å². The topological polar surface area (TPSA) is 46.6 Å². The summed E-state index contributed by atoms with van der Waals surface area (Å²) >= 11 is 0. The summed E-state index contributed by atoms with van der Waals surface area (Å²) < 4.78 is 5.97. The second kappa shape index (κ2) is 7.41. The molecular formula is C31H23NO3. The third-order valence-electron chi connectivity index (χ3n) is 7.77. The largest absolute Gasteiger partial charge is 0.457 e. The Balaban J connectivity index is 1.26. The maximum atomic E-state index is 13.8. The second-order valence-electron chi connectivity index (χ2n) is 9.69. The van der Waals surface area contributed by atoms with Gasteiger partial charge in [0.2, 0.25) is 11.8 Å². The molecule has 2 bridgehead atoms. The number of hydrogen-bond acceptors (Lipinski definition) is 3. The lowest BCUT2D eigenvalue weighted by atomic mass is 9.55. The van der Waals surface area contributed by atoms with Gasteiger partial charge in [-0.3, -0.25) is 9.59 Å².